The third-order valence-electron chi connectivity index (χ3n) is 3.95. The van der Waals surface area contributed by atoms with Crippen LogP contribution in [0.15, 0.2) is 53.1 Å². The number of nitrogens with zero attached hydrogens (tertiary/aromatic N) is 2. The summed E-state index contributed by atoms with van der Waals surface area (Å²) in [5, 5.41) is 1.07. The van der Waals surface area contributed by atoms with Gasteiger partial charge in [-0.15, -0.1) is 0 Å². The van der Waals surface area contributed by atoms with E-state index in [9.17, 15) is 0 Å². The van der Waals surface area contributed by atoms with Gasteiger partial charge in [-0.2, -0.15) is 0 Å². The van der Waals surface area contributed by atoms with E-state index >= 15 is 0 Å². The van der Waals surface area contributed by atoms with Crippen molar-refractivity contribution in [2.24, 2.45) is 0 Å². The first-order chi connectivity index (χ1) is 11.0. The van der Waals surface area contributed by atoms with E-state index in [0.717, 1.165) is 39.5 Å². The fourth-order valence-corrected chi connectivity index (χ4v) is 3.05. The van der Waals surface area contributed by atoms with E-state index in [1.165, 1.54) is 5.56 Å². The summed E-state index contributed by atoms with van der Waals surface area (Å²) < 4.78 is 1.03. The van der Waals surface area contributed by atoms with Crippen LogP contribution in [0.4, 0.5) is 5.69 Å². The molecule has 0 radical (unpaired) electrons. The van der Waals surface area contributed by atoms with Crippen molar-refractivity contribution in [3.63, 3.8) is 0 Å². The maximum absolute atomic E-state index is 6.22. The summed E-state index contributed by atoms with van der Waals surface area (Å²) in [6.07, 6.45) is 2.79. The molecule has 1 aromatic heterocycles. The van der Waals surface area contributed by atoms with Crippen LogP contribution in [-0.4, -0.2) is 30.5 Å². The van der Waals surface area contributed by atoms with Crippen LogP contribution in [0.25, 0.3) is 22.0 Å². The van der Waals surface area contributed by atoms with E-state index < -0.39 is 0 Å². The van der Waals surface area contributed by atoms with Gasteiger partial charge >= 0.3 is 0 Å². The summed E-state index contributed by atoms with van der Waals surface area (Å²) in [5.41, 5.74) is 11.4. The van der Waals surface area contributed by atoms with Gasteiger partial charge in [0, 0.05) is 22.0 Å². The fourth-order valence-electron chi connectivity index (χ4n) is 2.69. The van der Waals surface area contributed by atoms with Crippen LogP contribution in [0.3, 0.4) is 0 Å². The number of pyridine rings is 1. The third kappa shape index (κ3) is 3.93. The van der Waals surface area contributed by atoms with Crippen LogP contribution < -0.4 is 11.9 Å². The Hall–Kier alpha value is -1.95. The molecule has 0 aliphatic carbocycles. The molecule has 0 aliphatic rings. The van der Waals surface area contributed by atoms with Gasteiger partial charge in [0.15, 0.2) is 0 Å². The molecule has 0 bridgehead atoms. The number of likely N-dealkylation sites (N-methyl/N-ethyl adjacent to an activating group) is 1. The number of rotatable bonds is 4. The van der Waals surface area contributed by atoms with Crippen molar-refractivity contribution in [3.8, 4) is 11.1 Å². The molecule has 3 rings (SSSR count). The molecule has 4 nitrogen and oxygen atoms in total. The fraction of sp³-hybridized carbons (Fsp3) is 0.211. The first-order valence-electron chi connectivity index (χ1n) is 7.62. The highest BCUT2D eigenvalue weighted by Gasteiger charge is 2.10. The normalized spacial score (nSPS) is 10.8. The minimum Gasteiger partial charge on any atom is -0.397 e. The second kappa shape index (κ2) is 7.75. The summed E-state index contributed by atoms with van der Waals surface area (Å²) in [6, 6.07) is 14.8. The molecule has 126 valence electrons. The van der Waals surface area contributed by atoms with Crippen LogP contribution >= 0.6 is 15.9 Å². The molecule has 5 heteroatoms. The van der Waals surface area contributed by atoms with E-state index in [1.54, 1.807) is 6.20 Å². The quantitative estimate of drug-likeness (QED) is 0.690. The number of benzene rings is 2. The highest BCUT2D eigenvalue weighted by atomic mass is 79.9. The van der Waals surface area contributed by atoms with Gasteiger partial charge in [0.1, 0.15) is 0 Å². The predicted octanol–water partition coefficient (Wildman–Crippen LogP) is 4.51. The summed E-state index contributed by atoms with van der Waals surface area (Å²) in [6.45, 7) is 1.05. The number of nitrogen functional groups attached to an aromatic ring is 1. The van der Waals surface area contributed by atoms with E-state index in [2.05, 4.69) is 70.2 Å². The molecule has 0 fully saturated rings. The van der Waals surface area contributed by atoms with Crippen molar-refractivity contribution < 1.29 is 0 Å². The molecule has 5 N–H and O–H groups in total. The molecule has 0 saturated heterocycles. The van der Waals surface area contributed by atoms with Crippen LogP contribution in [0.5, 0.6) is 0 Å². The lowest BCUT2D eigenvalue weighted by molar-refractivity contribution is 0.413. The summed E-state index contributed by atoms with van der Waals surface area (Å²) in [4.78, 5) is 6.62. The molecular weight excluding hydrogens is 364 g/mol. The van der Waals surface area contributed by atoms with E-state index in [-0.39, 0.29) is 6.15 Å². The van der Waals surface area contributed by atoms with Gasteiger partial charge < -0.3 is 16.8 Å². The van der Waals surface area contributed by atoms with Crippen LogP contribution in [0, 0.1) is 0 Å². The minimum absolute atomic E-state index is 0. The van der Waals surface area contributed by atoms with Crippen molar-refractivity contribution in [1.82, 2.24) is 16.0 Å². The zero-order chi connectivity index (χ0) is 16.4. The highest BCUT2D eigenvalue weighted by Crippen LogP contribution is 2.34. The van der Waals surface area contributed by atoms with E-state index in [0.29, 0.717) is 5.69 Å². The molecule has 24 heavy (non-hydrogen) atoms. The lowest BCUT2D eigenvalue weighted by atomic mass is 9.98. The lowest BCUT2D eigenvalue weighted by Crippen LogP contribution is -2.14. The van der Waals surface area contributed by atoms with E-state index in [1.807, 2.05) is 12.1 Å². The number of halogens is 1. The number of nitrogens with two attached hydrogens (primary N) is 1. The van der Waals surface area contributed by atoms with Gasteiger partial charge in [-0.05, 0) is 49.8 Å². The van der Waals surface area contributed by atoms with Crippen molar-refractivity contribution in [2.75, 3.05) is 26.4 Å². The van der Waals surface area contributed by atoms with Crippen LogP contribution in [-0.2, 0) is 6.42 Å². The largest absolute Gasteiger partial charge is 0.397 e. The summed E-state index contributed by atoms with van der Waals surface area (Å²) in [5.74, 6) is 0. The Bertz CT molecular complexity index is 823. The number of hydrogen-bond acceptors (Lipinski definition) is 4. The Kier molecular flexibility index (Phi) is 5.94. The first-order valence-corrected chi connectivity index (χ1v) is 8.41. The van der Waals surface area contributed by atoms with Crippen LogP contribution in [0.2, 0.25) is 0 Å². The predicted molar refractivity (Wildman–Crippen MR) is 107 cm³/mol. The molecule has 1 heterocycles. The molecule has 0 spiro atoms. The number of aromatic nitrogens is 1. The third-order valence-corrected chi connectivity index (χ3v) is 4.44. The van der Waals surface area contributed by atoms with Gasteiger partial charge in [-0.1, -0.05) is 40.2 Å². The van der Waals surface area contributed by atoms with Gasteiger partial charge in [0.05, 0.1) is 17.4 Å². The Balaban J connectivity index is 0.00000208. The average Bonchev–Trinajstić information content (AvgIpc) is 2.53. The Morgan fingerprint density at radius 3 is 2.46 bits per heavy atom. The average molecular weight is 387 g/mol. The maximum atomic E-state index is 6.22. The number of fused-ring (bicyclic) bond motifs is 1. The zero-order valence-electron chi connectivity index (χ0n) is 14.1. The summed E-state index contributed by atoms with van der Waals surface area (Å²) >= 11 is 3.54. The monoisotopic (exact) mass is 386 g/mol. The van der Waals surface area contributed by atoms with Crippen molar-refractivity contribution in [2.45, 2.75) is 6.42 Å². The molecule has 0 unspecified atom stereocenters. The highest BCUT2D eigenvalue weighted by molar-refractivity contribution is 9.10. The SMILES string of the molecule is CN(C)CCc1ccc(-c2c(N)cnc3ccc(Br)cc23)cc1.N. The second-order valence-electron chi connectivity index (χ2n) is 6.00. The smallest absolute Gasteiger partial charge is 0.0710 e. The number of anilines is 1. The zero-order valence-corrected chi connectivity index (χ0v) is 15.7. The van der Waals surface area contributed by atoms with Crippen LogP contribution in [0.1, 0.15) is 5.56 Å². The lowest BCUT2D eigenvalue weighted by Gasteiger charge is -2.12. The van der Waals surface area contributed by atoms with Crippen molar-refractivity contribution in [1.29, 1.82) is 0 Å². The minimum atomic E-state index is 0. The standard InChI is InChI=1S/C19H20BrN3.H3N/c1-23(2)10-9-13-3-5-14(6-4-13)19-16-11-15(20)7-8-18(16)22-12-17(19)21;/h3-8,11-12H,9-10,21H2,1-2H3;1H3. The topological polar surface area (TPSA) is 77.2 Å². The molecule has 0 amide bonds. The van der Waals surface area contributed by atoms with E-state index in [4.69, 9.17) is 5.73 Å². The first kappa shape index (κ1) is 18.4. The molecule has 0 aliphatic heterocycles. The second-order valence-corrected chi connectivity index (χ2v) is 6.92. The van der Waals surface area contributed by atoms with Gasteiger partial charge in [0.25, 0.3) is 0 Å². The van der Waals surface area contributed by atoms with Crippen molar-refractivity contribution >= 4 is 32.5 Å². The molecule has 0 saturated carbocycles. The molecule has 3 aromatic rings. The maximum Gasteiger partial charge on any atom is 0.0710 e. The number of hydrogen-bond donors (Lipinski definition) is 2. The van der Waals surface area contributed by atoms with Crippen molar-refractivity contribution in [3.05, 3.63) is 58.7 Å². The van der Waals surface area contributed by atoms with Gasteiger partial charge in [-0.3, -0.25) is 4.98 Å². The van der Waals surface area contributed by atoms with Gasteiger partial charge in [-0.25, -0.2) is 0 Å². The van der Waals surface area contributed by atoms with Gasteiger partial charge in [0.2, 0.25) is 0 Å². The Morgan fingerprint density at radius 1 is 1.08 bits per heavy atom. The Morgan fingerprint density at radius 2 is 1.79 bits per heavy atom. The molecule has 0 atom stereocenters. The summed E-state index contributed by atoms with van der Waals surface area (Å²) in [7, 11) is 4.19. The molecule has 2 aromatic carbocycles. The molecular formula is C19H23BrN4. The Labute approximate surface area is 151 Å².